The Bertz CT molecular complexity index is 1330. The van der Waals surface area contributed by atoms with Crippen molar-refractivity contribution >= 4 is 21.7 Å². The molecule has 0 bridgehead atoms. The SMILES string of the molecule is C=C(/C=C\C=C(/N)NS(=O)(=O)C1CC1)C1(C(=O)Nc2ccc(-c3cncc(OCC)n3)cn2)CCOCC1. The Balaban J connectivity index is 1.44. The molecule has 11 nitrogen and oxygen atoms in total. The number of nitrogens with two attached hydrogens (primary N) is 1. The maximum atomic E-state index is 13.5. The van der Waals surface area contributed by atoms with E-state index in [1.165, 1.54) is 6.08 Å². The van der Waals surface area contributed by atoms with Gasteiger partial charge in [-0.25, -0.2) is 18.4 Å². The van der Waals surface area contributed by atoms with Crippen molar-refractivity contribution in [1.29, 1.82) is 0 Å². The van der Waals surface area contributed by atoms with Crippen LogP contribution in [0.2, 0.25) is 0 Å². The smallest absolute Gasteiger partial charge is 0.236 e. The van der Waals surface area contributed by atoms with Crippen molar-refractivity contribution in [2.24, 2.45) is 11.1 Å². The lowest BCUT2D eigenvalue weighted by Crippen LogP contribution is -2.42. The second kappa shape index (κ2) is 11.7. The molecule has 0 atom stereocenters. The quantitative estimate of drug-likeness (QED) is 0.364. The highest BCUT2D eigenvalue weighted by Crippen LogP contribution is 2.39. The van der Waals surface area contributed by atoms with Gasteiger partial charge in [0.05, 0.1) is 35.4 Å². The summed E-state index contributed by atoms with van der Waals surface area (Å²) in [6.45, 7) is 7.30. The maximum absolute atomic E-state index is 13.5. The van der Waals surface area contributed by atoms with Crippen LogP contribution in [0, 0.1) is 5.41 Å². The summed E-state index contributed by atoms with van der Waals surface area (Å²) in [7, 11) is -3.44. The number of allylic oxidation sites excluding steroid dienone is 3. The molecule has 4 rings (SSSR count). The van der Waals surface area contributed by atoms with E-state index in [2.05, 4.69) is 31.6 Å². The van der Waals surface area contributed by atoms with E-state index < -0.39 is 15.4 Å². The Morgan fingerprint density at radius 1 is 1.26 bits per heavy atom. The van der Waals surface area contributed by atoms with Gasteiger partial charge in [-0.2, -0.15) is 0 Å². The van der Waals surface area contributed by atoms with Gasteiger partial charge < -0.3 is 20.5 Å². The van der Waals surface area contributed by atoms with Crippen molar-refractivity contribution in [2.75, 3.05) is 25.1 Å². The molecule has 1 aliphatic heterocycles. The summed E-state index contributed by atoms with van der Waals surface area (Å²) in [5.74, 6) is 0.564. The molecule has 2 aromatic rings. The molecule has 2 aromatic heterocycles. The molecule has 1 saturated carbocycles. The normalized spacial score (nSPS) is 17.7. The van der Waals surface area contributed by atoms with Gasteiger partial charge in [0.2, 0.25) is 21.8 Å². The van der Waals surface area contributed by atoms with Crippen LogP contribution in [0.25, 0.3) is 11.3 Å². The number of pyridine rings is 1. The van der Waals surface area contributed by atoms with Gasteiger partial charge in [-0.3, -0.25) is 14.5 Å². The number of nitrogens with zero attached hydrogens (tertiary/aromatic N) is 3. The first-order valence-electron chi connectivity index (χ1n) is 12.4. The molecule has 38 heavy (non-hydrogen) atoms. The molecular weight excluding hydrogens is 508 g/mol. The highest BCUT2D eigenvalue weighted by Gasteiger charge is 2.42. The number of anilines is 1. The van der Waals surface area contributed by atoms with Crippen molar-refractivity contribution in [3.8, 4) is 17.1 Å². The van der Waals surface area contributed by atoms with Gasteiger partial charge in [0.25, 0.3) is 0 Å². The number of carbonyl (C=O) groups excluding carboxylic acids is 1. The predicted octanol–water partition coefficient (Wildman–Crippen LogP) is 2.67. The molecule has 1 saturated heterocycles. The number of amides is 1. The molecular formula is C26H32N6O5S. The van der Waals surface area contributed by atoms with E-state index in [1.807, 2.05) is 6.92 Å². The Hall–Kier alpha value is -3.77. The van der Waals surface area contributed by atoms with Crippen LogP contribution in [0.1, 0.15) is 32.6 Å². The topological polar surface area (TPSA) is 158 Å². The molecule has 202 valence electrons. The van der Waals surface area contributed by atoms with Crippen LogP contribution in [0.5, 0.6) is 5.88 Å². The molecule has 0 radical (unpaired) electrons. The van der Waals surface area contributed by atoms with Crippen molar-refractivity contribution in [3.05, 3.63) is 66.9 Å². The third-order valence-electron chi connectivity index (χ3n) is 6.40. The summed E-state index contributed by atoms with van der Waals surface area (Å²) in [5.41, 5.74) is 6.81. The molecule has 0 spiro atoms. The summed E-state index contributed by atoms with van der Waals surface area (Å²) in [5, 5.41) is 2.52. The second-order valence-electron chi connectivity index (χ2n) is 9.11. The fraction of sp³-hybridized carbons (Fsp3) is 0.385. The zero-order valence-corrected chi connectivity index (χ0v) is 22.0. The van der Waals surface area contributed by atoms with Gasteiger partial charge in [0.1, 0.15) is 11.6 Å². The average molecular weight is 541 g/mol. The summed E-state index contributed by atoms with van der Waals surface area (Å²) >= 11 is 0. The van der Waals surface area contributed by atoms with E-state index in [4.69, 9.17) is 15.2 Å². The van der Waals surface area contributed by atoms with Gasteiger partial charge in [-0.15, -0.1) is 0 Å². The monoisotopic (exact) mass is 540 g/mol. The number of rotatable bonds is 11. The van der Waals surface area contributed by atoms with Crippen LogP contribution >= 0.6 is 0 Å². The Morgan fingerprint density at radius 2 is 2.03 bits per heavy atom. The molecule has 0 unspecified atom stereocenters. The zero-order chi connectivity index (χ0) is 27.2. The number of hydrogen-bond donors (Lipinski definition) is 3. The van der Waals surface area contributed by atoms with Crippen molar-refractivity contribution in [3.63, 3.8) is 0 Å². The van der Waals surface area contributed by atoms with Crippen molar-refractivity contribution < 1.29 is 22.7 Å². The van der Waals surface area contributed by atoms with E-state index in [9.17, 15) is 13.2 Å². The zero-order valence-electron chi connectivity index (χ0n) is 21.2. The fourth-order valence-corrected chi connectivity index (χ4v) is 5.38. The standard InChI is InChI=1S/C26H32N6O5S/c1-3-37-24-17-28-16-21(30-24)19-7-10-23(29-15-19)31-25(33)26(11-13-36-14-12-26)18(2)5-4-6-22(27)32-38(34,35)20-8-9-20/h4-7,10,15-17,20,32H,2-3,8-9,11-14,27H2,1H3,(H,29,31,33)/b5-4-,22-6+. The minimum absolute atomic E-state index is 0.00667. The van der Waals surface area contributed by atoms with Crippen LogP contribution in [0.4, 0.5) is 5.82 Å². The number of nitrogens with one attached hydrogen (secondary N) is 2. The Labute approximate surface area is 222 Å². The van der Waals surface area contributed by atoms with E-state index in [1.54, 1.807) is 42.9 Å². The first kappa shape index (κ1) is 27.3. The predicted molar refractivity (Wildman–Crippen MR) is 143 cm³/mol. The second-order valence-corrected chi connectivity index (χ2v) is 11.1. The lowest BCUT2D eigenvalue weighted by Gasteiger charge is -2.36. The van der Waals surface area contributed by atoms with Crippen molar-refractivity contribution in [1.82, 2.24) is 19.7 Å². The largest absolute Gasteiger partial charge is 0.477 e. The number of aromatic nitrogens is 3. The Kier molecular flexibility index (Phi) is 8.42. The summed E-state index contributed by atoms with van der Waals surface area (Å²) < 4.78 is 37.4. The minimum Gasteiger partial charge on any atom is -0.477 e. The van der Waals surface area contributed by atoms with Gasteiger partial charge in [-0.05, 0) is 56.4 Å². The van der Waals surface area contributed by atoms with Crippen LogP contribution in [-0.2, 0) is 19.6 Å². The van der Waals surface area contributed by atoms with E-state index in [0.29, 0.717) is 68.5 Å². The van der Waals surface area contributed by atoms with Gasteiger partial charge in [0, 0.05) is 25.0 Å². The van der Waals surface area contributed by atoms with Gasteiger partial charge >= 0.3 is 0 Å². The molecule has 4 N–H and O–H groups in total. The number of carbonyl (C=O) groups is 1. The number of sulfonamides is 1. The van der Waals surface area contributed by atoms with Crippen LogP contribution in [0.15, 0.2) is 66.9 Å². The maximum Gasteiger partial charge on any atom is 0.236 e. The van der Waals surface area contributed by atoms with E-state index >= 15 is 0 Å². The van der Waals surface area contributed by atoms with Gasteiger partial charge in [-0.1, -0.05) is 18.7 Å². The molecule has 1 aliphatic carbocycles. The first-order chi connectivity index (χ1) is 18.2. The van der Waals surface area contributed by atoms with E-state index in [0.717, 1.165) is 5.56 Å². The first-order valence-corrected chi connectivity index (χ1v) is 13.9. The lowest BCUT2D eigenvalue weighted by atomic mass is 9.73. The van der Waals surface area contributed by atoms with Crippen LogP contribution in [-0.4, -0.2) is 54.3 Å². The summed E-state index contributed by atoms with van der Waals surface area (Å²) in [6.07, 6.45) is 11.6. The van der Waals surface area contributed by atoms with Crippen LogP contribution in [0.3, 0.4) is 0 Å². The molecule has 0 aromatic carbocycles. The van der Waals surface area contributed by atoms with E-state index in [-0.39, 0.29) is 17.0 Å². The molecule has 2 fully saturated rings. The highest BCUT2D eigenvalue weighted by atomic mass is 32.2. The fourth-order valence-electron chi connectivity index (χ4n) is 4.06. The third kappa shape index (κ3) is 6.56. The number of hydrogen-bond acceptors (Lipinski definition) is 9. The van der Waals surface area contributed by atoms with Crippen LogP contribution < -0.4 is 20.5 Å². The summed E-state index contributed by atoms with van der Waals surface area (Å²) in [6, 6.07) is 3.49. The average Bonchev–Trinajstić information content (AvgIpc) is 3.76. The highest BCUT2D eigenvalue weighted by molar-refractivity contribution is 7.90. The minimum atomic E-state index is -3.44. The number of ether oxygens (including phenoxy) is 2. The summed E-state index contributed by atoms with van der Waals surface area (Å²) in [4.78, 5) is 26.4. The molecule has 3 heterocycles. The molecule has 12 heteroatoms. The van der Waals surface area contributed by atoms with Gasteiger partial charge in [0.15, 0.2) is 0 Å². The van der Waals surface area contributed by atoms with Crippen molar-refractivity contribution in [2.45, 2.75) is 37.9 Å². The lowest BCUT2D eigenvalue weighted by molar-refractivity contribution is -0.128. The molecule has 1 amide bonds. The molecule has 2 aliphatic rings. The third-order valence-corrected chi connectivity index (χ3v) is 8.27. The Morgan fingerprint density at radius 3 is 2.68 bits per heavy atom.